The first-order valence-electron chi connectivity index (χ1n) is 3.73. The molecule has 0 bridgehead atoms. The van der Waals surface area contributed by atoms with E-state index < -0.39 is 24.1 Å². The molecule has 0 aliphatic rings. The first kappa shape index (κ1) is 11.3. The van der Waals surface area contributed by atoms with E-state index in [2.05, 4.69) is 9.97 Å². The van der Waals surface area contributed by atoms with E-state index in [0.29, 0.717) is 0 Å². The SMILES string of the molecule is FC(F)C(F)(F)C(Cl)Cc1ncc[nH]1. The fraction of sp³-hybridized carbons (Fsp3) is 0.571. The maximum Gasteiger partial charge on any atom is 0.323 e. The standard InChI is InChI=1S/C7H7ClF4N2/c8-4(7(11,12)6(9)10)3-5-13-1-2-14-5/h1-2,4,6H,3H2,(H,13,14). The molecule has 0 aliphatic carbocycles. The van der Waals surface area contributed by atoms with Crippen LogP contribution in [0, 0.1) is 0 Å². The number of imidazole rings is 1. The Morgan fingerprint density at radius 3 is 2.57 bits per heavy atom. The van der Waals surface area contributed by atoms with Gasteiger partial charge in [0.2, 0.25) is 0 Å². The van der Waals surface area contributed by atoms with Gasteiger partial charge in [-0.1, -0.05) is 0 Å². The van der Waals surface area contributed by atoms with Crippen molar-refractivity contribution < 1.29 is 17.6 Å². The largest absolute Gasteiger partial charge is 0.349 e. The number of halogens is 5. The fourth-order valence-electron chi connectivity index (χ4n) is 0.852. The molecule has 1 unspecified atom stereocenters. The zero-order valence-electron chi connectivity index (χ0n) is 6.85. The maximum absolute atomic E-state index is 12.6. The summed E-state index contributed by atoms with van der Waals surface area (Å²) in [7, 11) is 0. The Kier molecular flexibility index (Phi) is 3.36. The summed E-state index contributed by atoms with van der Waals surface area (Å²) >= 11 is 5.17. The quantitative estimate of drug-likeness (QED) is 0.625. The number of aromatic amines is 1. The summed E-state index contributed by atoms with van der Waals surface area (Å²) < 4.78 is 48.9. The molecule has 0 radical (unpaired) electrons. The molecule has 1 rings (SSSR count). The first-order valence-corrected chi connectivity index (χ1v) is 4.16. The number of nitrogens with one attached hydrogen (secondary N) is 1. The molecule has 2 nitrogen and oxygen atoms in total. The molecule has 1 heterocycles. The summed E-state index contributed by atoms with van der Waals surface area (Å²) in [6.45, 7) is 0. The second-order valence-electron chi connectivity index (χ2n) is 2.68. The second kappa shape index (κ2) is 4.16. The van der Waals surface area contributed by atoms with Gasteiger partial charge in [-0.25, -0.2) is 13.8 Å². The van der Waals surface area contributed by atoms with Crippen LogP contribution < -0.4 is 0 Å². The van der Waals surface area contributed by atoms with Gasteiger partial charge in [0.15, 0.2) is 0 Å². The highest BCUT2D eigenvalue weighted by molar-refractivity contribution is 6.21. The number of rotatable bonds is 4. The van der Waals surface area contributed by atoms with Gasteiger partial charge < -0.3 is 4.98 Å². The molecule has 80 valence electrons. The molecule has 0 aromatic carbocycles. The van der Waals surface area contributed by atoms with Crippen LogP contribution in [0.2, 0.25) is 0 Å². The third kappa shape index (κ3) is 2.37. The van der Waals surface area contributed by atoms with Crippen LogP contribution in [0.25, 0.3) is 0 Å². The van der Waals surface area contributed by atoms with Crippen molar-refractivity contribution in [2.24, 2.45) is 0 Å². The summed E-state index contributed by atoms with van der Waals surface area (Å²) in [5.74, 6) is -4.04. The highest BCUT2D eigenvalue weighted by Gasteiger charge is 2.48. The van der Waals surface area contributed by atoms with Crippen LogP contribution in [0.5, 0.6) is 0 Å². The van der Waals surface area contributed by atoms with Gasteiger partial charge >= 0.3 is 12.3 Å². The Morgan fingerprint density at radius 1 is 1.50 bits per heavy atom. The minimum atomic E-state index is -4.20. The molecule has 7 heteroatoms. The van der Waals surface area contributed by atoms with Gasteiger partial charge in [0.1, 0.15) is 11.2 Å². The van der Waals surface area contributed by atoms with E-state index in [1.54, 1.807) is 0 Å². The van der Waals surface area contributed by atoms with E-state index in [9.17, 15) is 17.6 Å². The Bertz CT molecular complexity index is 275. The average molecular weight is 231 g/mol. The predicted molar refractivity (Wildman–Crippen MR) is 42.9 cm³/mol. The highest BCUT2D eigenvalue weighted by Crippen LogP contribution is 2.31. The number of H-pyrrole nitrogens is 1. The lowest BCUT2D eigenvalue weighted by molar-refractivity contribution is -0.129. The highest BCUT2D eigenvalue weighted by atomic mass is 35.5. The third-order valence-electron chi connectivity index (χ3n) is 1.64. The van der Waals surface area contributed by atoms with Crippen molar-refractivity contribution in [1.82, 2.24) is 9.97 Å². The van der Waals surface area contributed by atoms with Crippen LogP contribution in [0.1, 0.15) is 5.82 Å². The van der Waals surface area contributed by atoms with Crippen LogP contribution in [0.3, 0.4) is 0 Å². The van der Waals surface area contributed by atoms with Gasteiger partial charge in [-0.3, -0.25) is 0 Å². The summed E-state index contributed by atoms with van der Waals surface area (Å²) in [5.41, 5.74) is 0. The van der Waals surface area contributed by atoms with Crippen LogP contribution in [-0.4, -0.2) is 27.7 Å². The predicted octanol–water partition coefficient (Wildman–Crippen LogP) is 2.46. The Hall–Kier alpha value is -0.780. The van der Waals surface area contributed by atoms with Crippen molar-refractivity contribution in [2.75, 3.05) is 0 Å². The Morgan fingerprint density at radius 2 is 2.14 bits per heavy atom. The van der Waals surface area contributed by atoms with Crippen LogP contribution in [0.4, 0.5) is 17.6 Å². The molecule has 1 atom stereocenters. The van der Waals surface area contributed by atoms with Gasteiger partial charge in [-0.05, 0) is 0 Å². The van der Waals surface area contributed by atoms with E-state index in [-0.39, 0.29) is 5.82 Å². The molecular weight excluding hydrogens is 224 g/mol. The van der Waals surface area contributed by atoms with Crippen molar-refractivity contribution in [3.8, 4) is 0 Å². The number of hydrogen-bond acceptors (Lipinski definition) is 1. The first-order chi connectivity index (χ1) is 6.44. The van der Waals surface area contributed by atoms with Gasteiger partial charge in [0.05, 0.1) is 0 Å². The van der Waals surface area contributed by atoms with Gasteiger partial charge in [0, 0.05) is 18.8 Å². The van der Waals surface area contributed by atoms with Crippen LogP contribution >= 0.6 is 11.6 Å². The molecule has 0 fully saturated rings. The van der Waals surface area contributed by atoms with Gasteiger partial charge in [0.25, 0.3) is 0 Å². The number of nitrogens with zero attached hydrogens (tertiary/aromatic N) is 1. The lowest BCUT2D eigenvalue weighted by atomic mass is 10.2. The molecule has 0 aliphatic heterocycles. The van der Waals surface area contributed by atoms with Crippen LogP contribution in [0.15, 0.2) is 12.4 Å². The normalized spacial score (nSPS) is 14.7. The molecule has 0 amide bonds. The van der Waals surface area contributed by atoms with E-state index in [0.717, 1.165) is 0 Å². The smallest absolute Gasteiger partial charge is 0.323 e. The molecule has 1 aromatic rings. The fourth-order valence-corrected chi connectivity index (χ4v) is 1.09. The van der Waals surface area contributed by atoms with Crippen molar-refractivity contribution in [3.05, 3.63) is 18.2 Å². The van der Waals surface area contributed by atoms with E-state index in [1.165, 1.54) is 12.4 Å². The molecule has 1 N–H and O–H groups in total. The lowest BCUT2D eigenvalue weighted by Crippen LogP contribution is -2.38. The molecule has 0 saturated heterocycles. The summed E-state index contributed by atoms with van der Waals surface area (Å²) in [4.78, 5) is 6.12. The minimum absolute atomic E-state index is 0.158. The molecule has 1 aromatic heterocycles. The minimum Gasteiger partial charge on any atom is -0.349 e. The summed E-state index contributed by atoms with van der Waals surface area (Å²) in [5, 5.41) is -1.96. The van der Waals surface area contributed by atoms with E-state index in [4.69, 9.17) is 11.6 Å². The summed E-state index contributed by atoms with van der Waals surface area (Å²) in [6.07, 6.45) is -1.45. The lowest BCUT2D eigenvalue weighted by Gasteiger charge is -2.19. The zero-order chi connectivity index (χ0) is 10.8. The maximum atomic E-state index is 12.6. The second-order valence-corrected chi connectivity index (χ2v) is 3.21. The van der Waals surface area contributed by atoms with Crippen molar-refractivity contribution in [1.29, 1.82) is 0 Å². The Balaban J connectivity index is 2.62. The van der Waals surface area contributed by atoms with E-state index >= 15 is 0 Å². The number of aromatic nitrogens is 2. The molecular formula is C7H7ClF4N2. The van der Waals surface area contributed by atoms with Gasteiger partial charge in [-0.2, -0.15) is 8.78 Å². The molecule has 0 saturated carbocycles. The average Bonchev–Trinajstić information content (AvgIpc) is 2.56. The number of hydrogen-bond donors (Lipinski definition) is 1. The van der Waals surface area contributed by atoms with Crippen LogP contribution in [-0.2, 0) is 6.42 Å². The van der Waals surface area contributed by atoms with Crippen molar-refractivity contribution >= 4 is 11.6 Å². The van der Waals surface area contributed by atoms with E-state index in [1.807, 2.05) is 0 Å². The third-order valence-corrected chi connectivity index (χ3v) is 2.08. The number of alkyl halides is 5. The van der Waals surface area contributed by atoms with Gasteiger partial charge in [-0.15, -0.1) is 11.6 Å². The van der Waals surface area contributed by atoms with Crippen molar-refractivity contribution in [2.45, 2.75) is 24.1 Å². The monoisotopic (exact) mass is 230 g/mol. The topological polar surface area (TPSA) is 28.7 Å². The molecule has 0 spiro atoms. The van der Waals surface area contributed by atoms with Crippen molar-refractivity contribution in [3.63, 3.8) is 0 Å². The zero-order valence-corrected chi connectivity index (χ0v) is 7.61. The Labute approximate surface area is 82.3 Å². The summed E-state index contributed by atoms with van der Waals surface area (Å²) in [6, 6.07) is 0. The molecule has 14 heavy (non-hydrogen) atoms.